The van der Waals surface area contributed by atoms with Crippen molar-refractivity contribution in [3.63, 3.8) is 0 Å². The van der Waals surface area contributed by atoms with Gasteiger partial charge in [0.05, 0.1) is 12.0 Å². The summed E-state index contributed by atoms with van der Waals surface area (Å²) in [7, 11) is 1.49. The van der Waals surface area contributed by atoms with E-state index < -0.39 is 16.5 Å². The number of nitrogens with zero attached hydrogens (tertiary/aromatic N) is 1. The zero-order valence-corrected chi connectivity index (χ0v) is 15.8. The first-order valence-electron chi connectivity index (χ1n) is 8.27. The molecule has 1 heterocycles. The van der Waals surface area contributed by atoms with Gasteiger partial charge in [-0.15, -0.1) is 0 Å². The van der Waals surface area contributed by atoms with Crippen LogP contribution in [0.5, 0.6) is 5.75 Å². The minimum Gasteiger partial charge on any atom is -0.497 e. The number of fused-ring (bicyclic) bond motifs is 1. The van der Waals surface area contributed by atoms with Gasteiger partial charge in [0.25, 0.3) is 5.69 Å². The van der Waals surface area contributed by atoms with Crippen molar-refractivity contribution in [2.75, 3.05) is 7.11 Å². The Kier molecular flexibility index (Phi) is 5.94. The molecule has 0 aliphatic heterocycles. The third kappa shape index (κ3) is 4.80. The van der Waals surface area contributed by atoms with E-state index in [1.54, 1.807) is 18.2 Å². The summed E-state index contributed by atoms with van der Waals surface area (Å²) in [6.07, 6.45) is 2.50. The number of halogens is 1. The molecular formula is C20H14ClNO7. The molecule has 0 saturated heterocycles. The van der Waals surface area contributed by atoms with Crippen molar-refractivity contribution in [3.8, 4) is 5.75 Å². The standard InChI is InChI=1S/C20H14ClNO7/c1-27-14-4-5-15-13(9-20(24)29-18(15)10-14)11-28-19(23)7-3-12-2-6-16(21)17(8-12)22(25)26/h2-10H,11H2,1H3/b7-3+. The van der Waals surface area contributed by atoms with E-state index in [4.69, 9.17) is 25.5 Å². The molecule has 0 bridgehead atoms. The van der Waals surface area contributed by atoms with E-state index in [-0.39, 0.29) is 17.3 Å². The highest BCUT2D eigenvalue weighted by Gasteiger charge is 2.12. The van der Waals surface area contributed by atoms with Gasteiger partial charge in [0.15, 0.2) is 0 Å². The van der Waals surface area contributed by atoms with Crippen molar-refractivity contribution in [2.24, 2.45) is 0 Å². The first kappa shape index (κ1) is 20.1. The van der Waals surface area contributed by atoms with Crippen molar-refractivity contribution in [3.05, 3.63) is 85.2 Å². The maximum atomic E-state index is 12.0. The van der Waals surface area contributed by atoms with E-state index in [9.17, 15) is 19.7 Å². The monoisotopic (exact) mass is 415 g/mol. The van der Waals surface area contributed by atoms with E-state index in [0.717, 1.165) is 6.08 Å². The molecule has 3 rings (SSSR count). The van der Waals surface area contributed by atoms with Crippen LogP contribution in [-0.2, 0) is 16.1 Å². The van der Waals surface area contributed by atoms with Crippen molar-refractivity contribution in [1.29, 1.82) is 0 Å². The Labute approximate surface area is 169 Å². The Morgan fingerprint density at radius 1 is 1.24 bits per heavy atom. The molecule has 0 fully saturated rings. The zero-order valence-electron chi connectivity index (χ0n) is 15.1. The predicted octanol–water partition coefficient (Wildman–Crippen LogP) is 4.12. The maximum absolute atomic E-state index is 12.0. The molecule has 9 heteroatoms. The molecule has 2 aromatic carbocycles. The number of hydrogen-bond donors (Lipinski definition) is 0. The molecule has 0 spiro atoms. The summed E-state index contributed by atoms with van der Waals surface area (Å²) < 4.78 is 15.4. The molecule has 148 valence electrons. The number of rotatable bonds is 6. The van der Waals surface area contributed by atoms with Gasteiger partial charge in [0, 0.05) is 35.2 Å². The lowest BCUT2D eigenvalue weighted by atomic mass is 10.1. The summed E-state index contributed by atoms with van der Waals surface area (Å²) in [5.74, 6) is -0.160. The van der Waals surface area contributed by atoms with Crippen molar-refractivity contribution in [1.82, 2.24) is 0 Å². The summed E-state index contributed by atoms with van der Waals surface area (Å²) >= 11 is 5.75. The SMILES string of the molecule is COc1ccc2c(COC(=O)/C=C/c3ccc(Cl)c([N+](=O)[O-])c3)cc(=O)oc2c1. The van der Waals surface area contributed by atoms with Crippen LogP contribution in [0.4, 0.5) is 5.69 Å². The first-order valence-corrected chi connectivity index (χ1v) is 8.65. The molecule has 0 N–H and O–H groups in total. The summed E-state index contributed by atoms with van der Waals surface area (Å²) in [5.41, 5.74) is 0.353. The predicted molar refractivity (Wildman–Crippen MR) is 106 cm³/mol. The molecular weight excluding hydrogens is 402 g/mol. The van der Waals surface area contributed by atoms with Crippen molar-refractivity contribution in [2.45, 2.75) is 6.61 Å². The van der Waals surface area contributed by atoms with Crippen LogP contribution in [0.25, 0.3) is 17.0 Å². The number of carbonyl (C=O) groups is 1. The summed E-state index contributed by atoms with van der Waals surface area (Å²) in [6, 6.07) is 10.3. The zero-order chi connectivity index (χ0) is 21.0. The fourth-order valence-electron chi connectivity index (χ4n) is 2.59. The van der Waals surface area contributed by atoms with Crippen LogP contribution < -0.4 is 10.4 Å². The summed E-state index contributed by atoms with van der Waals surface area (Å²) in [4.78, 5) is 34.1. The molecule has 0 radical (unpaired) electrons. The van der Waals surface area contributed by atoms with E-state index in [0.29, 0.717) is 27.8 Å². The quantitative estimate of drug-likeness (QED) is 0.196. The molecule has 29 heavy (non-hydrogen) atoms. The van der Waals surface area contributed by atoms with Gasteiger partial charge in [0.1, 0.15) is 23.0 Å². The fraction of sp³-hybridized carbons (Fsp3) is 0.100. The van der Waals surface area contributed by atoms with Gasteiger partial charge >= 0.3 is 11.6 Å². The van der Waals surface area contributed by atoms with Crippen LogP contribution in [0.2, 0.25) is 5.02 Å². The number of nitro benzene ring substituents is 1. The van der Waals surface area contributed by atoms with E-state index >= 15 is 0 Å². The maximum Gasteiger partial charge on any atom is 0.336 e. The average Bonchev–Trinajstić information content (AvgIpc) is 2.70. The highest BCUT2D eigenvalue weighted by Crippen LogP contribution is 2.26. The van der Waals surface area contributed by atoms with Crippen LogP contribution in [-0.4, -0.2) is 18.0 Å². The third-order valence-electron chi connectivity index (χ3n) is 3.99. The Balaban J connectivity index is 1.74. The topological polar surface area (TPSA) is 109 Å². The van der Waals surface area contributed by atoms with Gasteiger partial charge in [-0.2, -0.15) is 0 Å². The average molecular weight is 416 g/mol. The molecule has 3 aromatic rings. The van der Waals surface area contributed by atoms with Crippen LogP contribution >= 0.6 is 11.6 Å². The first-order chi connectivity index (χ1) is 13.9. The molecule has 0 saturated carbocycles. The van der Waals surface area contributed by atoms with Gasteiger partial charge in [-0.3, -0.25) is 10.1 Å². The van der Waals surface area contributed by atoms with E-state index in [1.165, 1.54) is 37.5 Å². The van der Waals surface area contributed by atoms with Crippen LogP contribution in [0.3, 0.4) is 0 Å². The third-order valence-corrected chi connectivity index (χ3v) is 4.31. The summed E-state index contributed by atoms with van der Waals surface area (Å²) in [6.45, 7) is -0.154. The molecule has 0 unspecified atom stereocenters. The second-order valence-electron chi connectivity index (χ2n) is 5.86. The number of esters is 1. The number of carbonyl (C=O) groups excluding carboxylic acids is 1. The highest BCUT2D eigenvalue weighted by molar-refractivity contribution is 6.32. The van der Waals surface area contributed by atoms with Gasteiger partial charge < -0.3 is 13.9 Å². The fourth-order valence-corrected chi connectivity index (χ4v) is 2.78. The number of methoxy groups -OCH3 is 1. The largest absolute Gasteiger partial charge is 0.497 e. The number of nitro groups is 1. The van der Waals surface area contributed by atoms with Gasteiger partial charge in [-0.1, -0.05) is 17.7 Å². The van der Waals surface area contributed by atoms with Gasteiger partial charge in [-0.25, -0.2) is 9.59 Å². The molecule has 8 nitrogen and oxygen atoms in total. The second-order valence-corrected chi connectivity index (χ2v) is 6.27. The Morgan fingerprint density at radius 2 is 2.03 bits per heavy atom. The van der Waals surface area contributed by atoms with Gasteiger partial charge in [0.2, 0.25) is 0 Å². The highest BCUT2D eigenvalue weighted by atomic mass is 35.5. The molecule has 0 atom stereocenters. The Bertz CT molecular complexity index is 1180. The van der Waals surface area contributed by atoms with E-state index in [2.05, 4.69) is 0 Å². The lowest BCUT2D eigenvalue weighted by Gasteiger charge is -2.07. The van der Waals surface area contributed by atoms with Crippen molar-refractivity contribution >= 4 is 40.3 Å². The van der Waals surface area contributed by atoms with Gasteiger partial charge in [-0.05, 0) is 29.8 Å². The van der Waals surface area contributed by atoms with E-state index in [1.807, 2.05) is 0 Å². The molecule has 0 aliphatic carbocycles. The van der Waals surface area contributed by atoms with Crippen molar-refractivity contribution < 1.29 is 23.6 Å². The minimum atomic E-state index is -0.683. The molecule has 0 aliphatic rings. The Morgan fingerprint density at radius 3 is 2.76 bits per heavy atom. The smallest absolute Gasteiger partial charge is 0.336 e. The summed E-state index contributed by atoms with van der Waals surface area (Å²) in [5, 5.41) is 11.5. The number of ether oxygens (including phenoxy) is 2. The van der Waals surface area contributed by atoms with Crippen LogP contribution in [0.1, 0.15) is 11.1 Å². The minimum absolute atomic E-state index is 0.00106. The molecule has 1 aromatic heterocycles. The lowest BCUT2D eigenvalue weighted by molar-refractivity contribution is -0.384. The number of benzene rings is 2. The molecule has 0 amide bonds. The normalized spacial score (nSPS) is 11.0. The lowest BCUT2D eigenvalue weighted by Crippen LogP contribution is -2.05. The second kappa shape index (κ2) is 8.57. The number of hydrogen-bond acceptors (Lipinski definition) is 7. The van der Waals surface area contributed by atoms with Crippen LogP contribution in [0.15, 0.2) is 57.8 Å². The van der Waals surface area contributed by atoms with Crippen LogP contribution in [0, 0.1) is 10.1 Å². The Hall–Kier alpha value is -3.65.